The molecule has 1 fully saturated rings. The molecule has 0 spiro atoms. The van der Waals surface area contributed by atoms with Gasteiger partial charge in [0.1, 0.15) is 5.76 Å². The average molecular weight is 242 g/mol. The molecule has 0 bridgehead atoms. The van der Waals surface area contributed by atoms with Gasteiger partial charge in [0.25, 0.3) is 0 Å². The van der Waals surface area contributed by atoms with Crippen molar-refractivity contribution in [1.82, 2.24) is 0 Å². The number of hydrogen-bond donors (Lipinski definition) is 1. The van der Waals surface area contributed by atoms with Gasteiger partial charge in [0, 0.05) is 5.56 Å². The van der Waals surface area contributed by atoms with Gasteiger partial charge in [-0.2, -0.15) is 0 Å². The van der Waals surface area contributed by atoms with Crippen molar-refractivity contribution in [2.24, 2.45) is 0 Å². The molecule has 0 amide bonds. The number of furan rings is 1. The summed E-state index contributed by atoms with van der Waals surface area (Å²) in [5.74, 6) is 0.262. The van der Waals surface area contributed by atoms with Crippen LogP contribution in [0.15, 0.2) is 40.8 Å². The zero-order chi connectivity index (χ0) is 12.5. The van der Waals surface area contributed by atoms with Crippen LogP contribution in [0, 0.1) is 0 Å². The predicted molar refractivity (Wildman–Crippen MR) is 67.7 cm³/mol. The molecule has 2 aromatic rings. The van der Waals surface area contributed by atoms with E-state index >= 15 is 0 Å². The van der Waals surface area contributed by atoms with Crippen molar-refractivity contribution in [3.8, 4) is 11.3 Å². The first-order chi connectivity index (χ1) is 8.74. The monoisotopic (exact) mass is 242 g/mol. The van der Waals surface area contributed by atoms with Crippen molar-refractivity contribution in [3.63, 3.8) is 0 Å². The fraction of sp³-hybridized carbons (Fsp3) is 0.267. The van der Waals surface area contributed by atoms with Gasteiger partial charge in [0.2, 0.25) is 5.76 Å². The molecule has 1 aliphatic rings. The number of carboxylic acids is 1. The van der Waals surface area contributed by atoms with E-state index in [2.05, 4.69) is 12.1 Å². The lowest BCUT2D eigenvalue weighted by Gasteiger charge is -2.25. The van der Waals surface area contributed by atoms with Crippen molar-refractivity contribution in [2.75, 3.05) is 0 Å². The first-order valence-electron chi connectivity index (χ1n) is 6.17. The molecule has 0 saturated heterocycles. The van der Waals surface area contributed by atoms with E-state index in [4.69, 9.17) is 9.52 Å². The number of carbonyl (C=O) groups is 1. The second-order valence-electron chi connectivity index (χ2n) is 4.72. The van der Waals surface area contributed by atoms with Gasteiger partial charge in [0.05, 0.1) is 0 Å². The number of aromatic carboxylic acids is 1. The van der Waals surface area contributed by atoms with Crippen LogP contribution in [0.1, 0.15) is 41.3 Å². The fourth-order valence-electron chi connectivity index (χ4n) is 2.27. The standard InChI is InChI=1S/C15H14O3/c16-15(17)14-9-8-13(18-14)12-6-4-11(5-7-12)10-2-1-3-10/h4-10H,1-3H2,(H,16,17). The van der Waals surface area contributed by atoms with Gasteiger partial charge in [-0.05, 0) is 36.5 Å². The van der Waals surface area contributed by atoms with Gasteiger partial charge in [-0.1, -0.05) is 30.7 Å². The van der Waals surface area contributed by atoms with E-state index in [0.717, 1.165) is 5.56 Å². The minimum Gasteiger partial charge on any atom is -0.475 e. The van der Waals surface area contributed by atoms with Crippen LogP contribution in [0.25, 0.3) is 11.3 Å². The summed E-state index contributed by atoms with van der Waals surface area (Å²) in [6.45, 7) is 0. The van der Waals surface area contributed by atoms with Crippen LogP contribution < -0.4 is 0 Å². The Morgan fingerprint density at radius 2 is 1.83 bits per heavy atom. The van der Waals surface area contributed by atoms with Gasteiger partial charge in [-0.15, -0.1) is 0 Å². The van der Waals surface area contributed by atoms with Crippen LogP contribution in [0.5, 0.6) is 0 Å². The van der Waals surface area contributed by atoms with E-state index in [1.807, 2.05) is 12.1 Å². The van der Waals surface area contributed by atoms with Crippen LogP contribution in [-0.2, 0) is 0 Å². The maximum atomic E-state index is 10.7. The largest absolute Gasteiger partial charge is 0.475 e. The topological polar surface area (TPSA) is 50.4 Å². The predicted octanol–water partition coefficient (Wildman–Crippen LogP) is 3.91. The van der Waals surface area contributed by atoms with Crippen molar-refractivity contribution < 1.29 is 14.3 Å². The molecule has 0 aliphatic heterocycles. The summed E-state index contributed by atoms with van der Waals surface area (Å²) in [7, 11) is 0. The van der Waals surface area contributed by atoms with E-state index in [1.165, 1.54) is 30.9 Å². The lowest BCUT2D eigenvalue weighted by atomic mass is 9.80. The Morgan fingerprint density at radius 3 is 2.33 bits per heavy atom. The molecule has 3 nitrogen and oxygen atoms in total. The van der Waals surface area contributed by atoms with Crippen molar-refractivity contribution in [2.45, 2.75) is 25.2 Å². The molecule has 3 heteroatoms. The molecule has 1 heterocycles. The Labute approximate surface area is 105 Å². The molecular formula is C15H14O3. The van der Waals surface area contributed by atoms with Crippen LogP contribution in [-0.4, -0.2) is 11.1 Å². The second kappa shape index (κ2) is 4.33. The highest BCUT2D eigenvalue weighted by molar-refractivity contribution is 5.85. The minimum atomic E-state index is -1.03. The third-order valence-electron chi connectivity index (χ3n) is 3.59. The molecule has 1 aromatic carbocycles. The van der Waals surface area contributed by atoms with Crippen LogP contribution >= 0.6 is 0 Å². The molecule has 1 saturated carbocycles. The zero-order valence-corrected chi connectivity index (χ0v) is 9.93. The fourth-order valence-corrected chi connectivity index (χ4v) is 2.27. The van der Waals surface area contributed by atoms with E-state index < -0.39 is 5.97 Å². The first kappa shape index (κ1) is 11.1. The molecule has 1 N–H and O–H groups in total. The summed E-state index contributed by atoms with van der Waals surface area (Å²) in [5.41, 5.74) is 2.29. The van der Waals surface area contributed by atoms with Crippen molar-refractivity contribution >= 4 is 5.97 Å². The molecule has 0 radical (unpaired) electrons. The van der Waals surface area contributed by atoms with Gasteiger partial charge in [-0.3, -0.25) is 0 Å². The summed E-state index contributed by atoms with van der Waals surface area (Å²) in [6, 6.07) is 11.4. The summed E-state index contributed by atoms with van der Waals surface area (Å²) in [6.07, 6.45) is 3.89. The highest BCUT2D eigenvalue weighted by atomic mass is 16.4. The van der Waals surface area contributed by atoms with E-state index in [0.29, 0.717) is 11.7 Å². The molecular weight excluding hydrogens is 228 g/mol. The lowest BCUT2D eigenvalue weighted by molar-refractivity contribution is 0.0663. The Kier molecular flexibility index (Phi) is 2.67. The zero-order valence-electron chi connectivity index (χ0n) is 9.93. The van der Waals surface area contributed by atoms with Gasteiger partial charge < -0.3 is 9.52 Å². The highest BCUT2D eigenvalue weighted by Gasteiger charge is 2.19. The Hall–Kier alpha value is -2.03. The molecule has 18 heavy (non-hydrogen) atoms. The summed E-state index contributed by atoms with van der Waals surface area (Å²) >= 11 is 0. The van der Waals surface area contributed by atoms with Gasteiger partial charge in [0.15, 0.2) is 0 Å². The number of rotatable bonds is 3. The average Bonchev–Trinajstić information content (AvgIpc) is 2.77. The lowest BCUT2D eigenvalue weighted by Crippen LogP contribution is -2.08. The SMILES string of the molecule is O=C(O)c1ccc(-c2ccc(C3CCC3)cc2)o1. The quantitative estimate of drug-likeness (QED) is 0.887. The van der Waals surface area contributed by atoms with Gasteiger partial charge >= 0.3 is 5.97 Å². The van der Waals surface area contributed by atoms with Crippen LogP contribution in [0.2, 0.25) is 0 Å². The second-order valence-corrected chi connectivity index (χ2v) is 4.72. The molecule has 1 aliphatic carbocycles. The molecule has 92 valence electrons. The number of carboxylic acid groups (broad SMARTS) is 1. The van der Waals surface area contributed by atoms with Gasteiger partial charge in [-0.25, -0.2) is 4.79 Å². The molecule has 1 aromatic heterocycles. The smallest absolute Gasteiger partial charge is 0.371 e. The minimum absolute atomic E-state index is 0.0203. The maximum Gasteiger partial charge on any atom is 0.371 e. The number of benzene rings is 1. The maximum absolute atomic E-state index is 10.7. The Balaban J connectivity index is 1.84. The summed E-state index contributed by atoms with van der Waals surface area (Å²) in [5, 5.41) is 8.81. The normalized spacial score (nSPS) is 15.3. The molecule has 0 atom stereocenters. The van der Waals surface area contributed by atoms with Crippen LogP contribution in [0.4, 0.5) is 0 Å². The Bertz CT molecular complexity index is 562. The summed E-state index contributed by atoms with van der Waals surface area (Å²) < 4.78 is 5.27. The third kappa shape index (κ3) is 1.92. The summed E-state index contributed by atoms with van der Waals surface area (Å²) in [4.78, 5) is 10.7. The third-order valence-corrected chi connectivity index (χ3v) is 3.59. The molecule has 3 rings (SSSR count). The molecule has 0 unspecified atom stereocenters. The van der Waals surface area contributed by atoms with Crippen molar-refractivity contribution in [1.29, 1.82) is 0 Å². The van der Waals surface area contributed by atoms with E-state index in [9.17, 15) is 4.79 Å². The highest BCUT2D eigenvalue weighted by Crippen LogP contribution is 2.37. The van der Waals surface area contributed by atoms with E-state index in [-0.39, 0.29) is 5.76 Å². The first-order valence-corrected chi connectivity index (χ1v) is 6.17. The Morgan fingerprint density at radius 1 is 1.11 bits per heavy atom. The van der Waals surface area contributed by atoms with E-state index in [1.54, 1.807) is 6.07 Å². The van der Waals surface area contributed by atoms with Crippen LogP contribution in [0.3, 0.4) is 0 Å². The van der Waals surface area contributed by atoms with Crippen molar-refractivity contribution in [3.05, 3.63) is 47.7 Å². The number of hydrogen-bond acceptors (Lipinski definition) is 2.